The number of fused-ring (bicyclic) bond motifs is 1. The molecule has 0 bridgehead atoms. The van der Waals surface area contributed by atoms with Crippen molar-refractivity contribution in [2.75, 3.05) is 44.3 Å². The maximum atomic E-state index is 13.1. The average Bonchev–Trinajstić information content (AvgIpc) is 3.22. The second-order valence-corrected chi connectivity index (χ2v) is 8.19. The van der Waals surface area contributed by atoms with Gasteiger partial charge >= 0.3 is 0 Å². The Hall–Kier alpha value is -2.68. The Morgan fingerprint density at radius 2 is 1.90 bits per heavy atom. The smallest absolute Gasteiger partial charge is 0.262 e. The Morgan fingerprint density at radius 1 is 1.13 bits per heavy atom. The predicted molar refractivity (Wildman–Crippen MR) is 115 cm³/mol. The molecule has 2 saturated heterocycles. The van der Waals surface area contributed by atoms with Crippen LogP contribution in [0.2, 0.25) is 0 Å². The fourth-order valence-corrected chi connectivity index (χ4v) is 4.40. The highest BCUT2D eigenvalue weighted by Gasteiger charge is 2.30. The van der Waals surface area contributed by atoms with Crippen molar-refractivity contribution in [2.24, 2.45) is 0 Å². The Kier molecular flexibility index (Phi) is 5.06. The summed E-state index contributed by atoms with van der Waals surface area (Å²) in [5.41, 5.74) is 1.76. The van der Waals surface area contributed by atoms with Crippen LogP contribution >= 0.6 is 0 Å². The third-order valence-corrected chi connectivity index (χ3v) is 6.15. The zero-order valence-electron chi connectivity index (χ0n) is 17.0. The third kappa shape index (κ3) is 3.62. The van der Waals surface area contributed by atoms with Gasteiger partial charge in [-0.3, -0.25) is 9.36 Å². The molecule has 0 unspecified atom stereocenters. The lowest BCUT2D eigenvalue weighted by Crippen LogP contribution is -2.46. The molecule has 2 fully saturated rings. The van der Waals surface area contributed by atoms with Gasteiger partial charge in [-0.25, -0.2) is 4.98 Å². The van der Waals surface area contributed by atoms with Gasteiger partial charge in [-0.15, -0.1) is 0 Å². The number of nitrogens with one attached hydrogen (secondary N) is 1. The summed E-state index contributed by atoms with van der Waals surface area (Å²) in [6, 6.07) is 10.1. The maximum absolute atomic E-state index is 13.1. The zero-order valence-corrected chi connectivity index (χ0v) is 17.0. The van der Waals surface area contributed by atoms with Crippen molar-refractivity contribution < 1.29 is 9.84 Å². The molecule has 5 rings (SSSR count). The number of hydrogen-bond acceptors (Lipinski definition) is 6. The highest BCUT2D eigenvalue weighted by molar-refractivity contribution is 5.77. The van der Waals surface area contributed by atoms with Crippen LogP contribution in [0.25, 0.3) is 16.7 Å². The highest BCUT2D eigenvalue weighted by atomic mass is 16.5. The molecule has 0 aliphatic carbocycles. The summed E-state index contributed by atoms with van der Waals surface area (Å²) in [4.78, 5) is 20.0. The van der Waals surface area contributed by atoms with Gasteiger partial charge in [-0.05, 0) is 50.2 Å². The molecular weight excluding hydrogens is 382 g/mol. The number of morpholine rings is 1. The summed E-state index contributed by atoms with van der Waals surface area (Å²) in [5.74, 6) is 0. The van der Waals surface area contributed by atoms with Gasteiger partial charge in [0.2, 0.25) is 0 Å². The van der Waals surface area contributed by atoms with E-state index in [9.17, 15) is 9.90 Å². The molecule has 8 nitrogen and oxygen atoms in total. The molecule has 0 spiro atoms. The van der Waals surface area contributed by atoms with Crippen molar-refractivity contribution >= 4 is 16.7 Å². The van der Waals surface area contributed by atoms with Gasteiger partial charge in [0.15, 0.2) is 5.65 Å². The topological polar surface area (TPSA) is 84.5 Å². The van der Waals surface area contributed by atoms with E-state index in [-0.39, 0.29) is 12.1 Å². The lowest BCUT2D eigenvalue weighted by Gasteiger charge is -2.32. The molecule has 0 amide bonds. The predicted octanol–water partition coefficient (Wildman–Crippen LogP) is 1.14. The van der Waals surface area contributed by atoms with E-state index in [0.717, 1.165) is 50.8 Å². The van der Waals surface area contributed by atoms with Crippen LogP contribution in [0.5, 0.6) is 0 Å². The van der Waals surface area contributed by atoms with Crippen LogP contribution in [0.1, 0.15) is 12.8 Å². The van der Waals surface area contributed by atoms with E-state index in [0.29, 0.717) is 23.9 Å². The number of ether oxygens (including phenoxy) is 1. The maximum Gasteiger partial charge on any atom is 0.262 e. The lowest BCUT2D eigenvalue weighted by atomic mass is 9.92. The molecule has 8 heteroatoms. The summed E-state index contributed by atoms with van der Waals surface area (Å²) in [6.45, 7) is 5.01. The van der Waals surface area contributed by atoms with Crippen LogP contribution in [-0.4, -0.2) is 64.2 Å². The summed E-state index contributed by atoms with van der Waals surface area (Å²) in [7, 11) is 0. The first kappa shape index (κ1) is 19.3. The highest BCUT2D eigenvalue weighted by Crippen LogP contribution is 2.23. The molecule has 2 aliphatic heterocycles. The molecule has 2 N–H and O–H groups in total. The van der Waals surface area contributed by atoms with Crippen LogP contribution in [-0.2, 0) is 11.3 Å². The van der Waals surface area contributed by atoms with Crippen molar-refractivity contribution in [2.45, 2.75) is 25.0 Å². The summed E-state index contributed by atoms with van der Waals surface area (Å²) in [5, 5.41) is 14.6. The van der Waals surface area contributed by atoms with Gasteiger partial charge in [0.1, 0.15) is 6.33 Å². The van der Waals surface area contributed by atoms with E-state index in [1.165, 1.54) is 0 Å². The minimum atomic E-state index is -0.862. The van der Waals surface area contributed by atoms with Crippen LogP contribution in [0.3, 0.4) is 0 Å². The zero-order chi connectivity index (χ0) is 20.6. The molecule has 1 aromatic carbocycles. The molecular formula is C22H27N5O3. The number of hydrogen-bond donors (Lipinski definition) is 2. The summed E-state index contributed by atoms with van der Waals surface area (Å²) < 4.78 is 8.94. The van der Waals surface area contributed by atoms with Gasteiger partial charge in [-0.1, -0.05) is 6.07 Å². The van der Waals surface area contributed by atoms with Crippen LogP contribution in [0, 0.1) is 0 Å². The van der Waals surface area contributed by atoms with Crippen LogP contribution in [0.15, 0.2) is 47.7 Å². The molecule has 2 aromatic heterocycles. The Morgan fingerprint density at radius 3 is 2.70 bits per heavy atom. The number of aromatic nitrogens is 3. The molecule has 4 heterocycles. The number of rotatable bonds is 4. The van der Waals surface area contributed by atoms with Crippen molar-refractivity contribution in [3.05, 3.63) is 53.2 Å². The van der Waals surface area contributed by atoms with Gasteiger partial charge in [0.05, 0.1) is 30.7 Å². The second kappa shape index (κ2) is 7.86. The van der Waals surface area contributed by atoms with Gasteiger partial charge in [0.25, 0.3) is 5.56 Å². The number of anilines is 1. The Balaban J connectivity index is 1.47. The van der Waals surface area contributed by atoms with E-state index >= 15 is 0 Å². The standard InChI is InChI=1S/C22H27N5O3/c28-21-19-4-9-27(18-3-1-2-17(14-18)25-10-12-30-13-11-25)20(19)24-16-26(21)15-22(29)5-7-23-8-6-22/h1-4,9,14,16,23,29H,5-8,10-13,15H2. The second-order valence-electron chi connectivity index (χ2n) is 8.19. The molecule has 0 atom stereocenters. The molecule has 2 aliphatic rings. The fraction of sp³-hybridized carbons (Fsp3) is 0.455. The van der Waals surface area contributed by atoms with Gasteiger partial charge < -0.3 is 24.6 Å². The van der Waals surface area contributed by atoms with Crippen LogP contribution in [0.4, 0.5) is 5.69 Å². The van der Waals surface area contributed by atoms with E-state index in [4.69, 9.17) is 4.74 Å². The van der Waals surface area contributed by atoms with E-state index < -0.39 is 5.60 Å². The first-order valence-electron chi connectivity index (χ1n) is 10.6. The van der Waals surface area contributed by atoms with E-state index in [1.54, 1.807) is 10.9 Å². The first-order chi connectivity index (χ1) is 14.6. The van der Waals surface area contributed by atoms with Crippen molar-refractivity contribution in [3.63, 3.8) is 0 Å². The third-order valence-electron chi connectivity index (χ3n) is 6.15. The van der Waals surface area contributed by atoms with E-state index in [2.05, 4.69) is 27.3 Å². The summed E-state index contributed by atoms with van der Waals surface area (Å²) >= 11 is 0. The number of nitrogens with zero attached hydrogens (tertiary/aromatic N) is 4. The van der Waals surface area contributed by atoms with Crippen molar-refractivity contribution in [1.29, 1.82) is 0 Å². The molecule has 158 valence electrons. The fourth-order valence-electron chi connectivity index (χ4n) is 4.40. The number of piperidine rings is 1. The lowest BCUT2D eigenvalue weighted by molar-refractivity contribution is -0.00628. The van der Waals surface area contributed by atoms with Crippen LogP contribution < -0.4 is 15.8 Å². The van der Waals surface area contributed by atoms with E-state index in [1.807, 2.05) is 29.0 Å². The molecule has 30 heavy (non-hydrogen) atoms. The summed E-state index contributed by atoms with van der Waals surface area (Å²) in [6.07, 6.45) is 4.72. The van der Waals surface area contributed by atoms with Crippen molar-refractivity contribution in [1.82, 2.24) is 19.4 Å². The molecule has 3 aromatic rings. The SMILES string of the molecule is O=c1c2ccn(-c3cccc(N4CCOCC4)c3)c2ncn1CC1(O)CCNCC1. The van der Waals surface area contributed by atoms with Crippen molar-refractivity contribution in [3.8, 4) is 5.69 Å². The minimum absolute atomic E-state index is 0.116. The minimum Gasteiger partial charge on any atom is -0.388 e. The first-order valence-corrected chi connectivity index (χ1v) is 10.6. The van der Waals surface area contributed by atoms with Gasteiger partial charge in [0, 0.05) is 30.7 Å². The largest absolute Gasteiger partial charge is 0.388 e. The number of benzene rings is 1. The number of aliphatic hydroxyl groups is 1. The average molecular weight is 409 g/mol. The Bertz CT molecular complexity index is 1090. The normalized spacial score (nSPS) is 19.3. The van der Waals surface area contributed by atoms with Gasteiger partial charge in [-0.2, -0.15) is 0 Å². The molecule has 0 saturated carbocycles. The molecule has 0 radical (unpaired) electrons. The quantitative estimate of drug-likeness (QED) is 0.672. The monoisotopic (exact) mass is 409 g/mol. The Labute approximate surface area is 174 Å².